The summed E-state index contributed by atoms with van der Waals surface area (Å²) in [6.07, 6.45) is 0.418. The minimum atomic E-state index is -0.679. The molecular weight excluding hydrogens is 270 g/mol. The topological polar surface area (TPSA) is 111 Å². The van der Waals surface area contributed by atoms with Crippen LogP contribution in [0, 0.1) is 0 Å². The molecule has 0 aromatic carbocycles. The molecule has 2 atom stereocenters. The minimum absolute atomic E-state index is 0.296. The highest BCUT2D eigenvalue weighted by atomic mass is 32.2. The maximum Gasteiger partial charge on any atom is 0.322 e. The molecule has 0 saturated carbocycles. The predicted molar refractivity (Wildman–Crippen MR) is 73.7 cm³/mol. The van der Waals surface area contributed by atoms with Crippen LogP contribution in [0.3, 0.4) is 0 Å². The van der Waals surface area contributed by atoms with Gasteiger partial charge in [-0.15, -0.1) is 11.8 Å². The molecule has 0 aliphatic heterocycles. The van der Waals surface area contributed by atoms with E-state index in [9.17, 15) is 14.4 Å². The first-order valence-corrected chi connectivity index (χ1v) is 7.03. The van der Waals surface area contributed by atoms with Crippen molar-refractivity contribution in [1.29, 1.82) is 0 Å². The average molecular weight is 291 g/mol. The van der Waals surface area contributed by atoms with Crippen LogP contribution in [0.1, 0.15) is 20.3 Å². The zero-order valence-electron chi connectivity index (χ0n) is 11.4. The summed E-state index contributed by atoms with van der Waals surface area (Å²) in [4.78, 5) is 33.7. The van der Waals surface area contributed by atoms with Crippen LogP contribution in [0.5, 0.6) is 0 Å². The van der Waals surface area contributed by atoms with Crippen LogP contribution in [0.15, 0.2) is 0 Å². The fourth-order valence-corrected chi connectivity index (χ4v) is 2.04. The highest BCUT2D eigenvalue weighted by Gasteiger charge is 2.18. The number of hydrogen-bond acceptors (Lipinski definition) is 6. The van der Waals surface area contributed by atoms with Gasteiger partial charge in [0.05, 0.1) is 11.9 Å². The number of nitrogens with one attached hydrogen (secondary N) is 2. The number of rotatable bonds is 7. The Morgan fingerprint density at radius 2 is 2.00 bits per heavy atom. The summed E-state index contributed by atoms with van der Waals surface area (Å²) in [5.41, 5.74) is 5.62. The van der Waals surface area contributed by atoms with E-state index in [0.717, 1.165) is 0 Å². The Balaban J connectivity index is 3.90. The first kappa shape index (κ1) is 17.7. The van der Waals surface area contributed by atoms with Crippen molar-refractivity contribution in [2.24, 2.45) is 5.73 Å². The van der Waals surface area contributed by atoms with Gasteiger partial charge < -0.3 is 15.8 Å². The largest absolute Gasteiger partial charge is 0.465 e. The van der Waals surface area contributed by atoms with Crippen LogP contribution < -0.4 is 16.4 Å². The molecule has 0 radical (unpaired) electrons. The second kappa shape index (κ2) is 9.62. The van der Waals surface area contributed by atoms with Crippen molar-refractivity contribution in [3.8, 4) is 0 Å². The van der Waals surface area contributed by atoms with Gasteiger partial charge in [0.25, 0.3) is 0 Å². The summed E-state index contributed by atoms with van der Waals surface area (Å²) < 4.78 is 4.77. The quantitative estimate of drug-likeness (QED) is 0.562. The molecule has 19 heavy (non-hydrogen) atoms. The summed E-state index contributed by atoms with van der Waals surface area (Å²) in [6, 6.07) is -1.22. The molecule has 3 amide bonds. The predicted octanol–water partition coefficient (Wildman–Crippen LogP) is -0.156. The van der Waals surface area contributed by atoms with Crippen LogP contribution in [-0.4, -0.2) is 48.6 Å². The van der Waals surface area contributed by atoms with Crippen molar-refractivity contribution in [2.45, 2.75) is 31.6 Å². The van der Waals surface area contributed by atoms with Gasteiger partial charge in [-0.3, -0.25) is 14.9 Å². The van der Waals surface area contributed by atoms with Crippen LogP contribution in [0.2, 0.25) is 0 Å². The molecule has 2 unspecified atom stereocenters. The van der Waals surface area contributed by atoms with Crippen molar-refractivity contribution in [3.05, 3.63) is 0 Å². The number of carbonyl (C=O) groups is 3. The van der Waals surface area contributed by atoms with Crippen LogP contribution in [-0.2, 0) is 14.3 Å². The molecule has 0 aliphatic rings. The number of esters is 1. The number of amides is 3. The van der Waals surface area contributed by atoms with Crippen molar-refractivity contribution < 1.29 is 19.1 Å². The van der Waals surface area contributed by atoms with Crippen LogP contribution >= 0.6 is 11.8 Å². The van der Waals surface area contributed by atoms with E-state index in [0.29, 0.717) is 18.8 Å². The minimum Gasteiger partial charge on any atom is -0.465 e. The van der Waals surface area contributed by atoms with Gasteiger partial charge in [0, 0.05) is 7.05 Å². The Kier molecular flexibility index (Phi) is 8.98. The first-order valence-electron chi connectivity index (χ1n) is 5.98. The third kappa shape index (κ3) is 7.68. The van der Waals surface area contributed by atoms with Crippen LogP contribution in [0.4, 0.5) is 4.79 Å². The molecule has 110 valence electrons. The number of urea groups is 1. The number of thioether (sulfide) groups is 1. The van der Waals surface area contributed by atoms with Gasteiger partial charge in [0.2, 0.25) is 5.91 Å². The maximum absolute atomic E-state index is 11.5. The molecule has 0 spiro atoms. The van der Waals surface area contributed by atoms with Crippen molar-refractivity contribution in [2.75, 3.05) is 19.4 Å². The van der Waals surface area contributed by atoms with E-state index in [1.54, 1.807) is 13.8 Å². The molecule has 0 fully saturated rings. The monoisotopic (exact) mass is 291 g/mol. The number of hydrogen-bond donors (Lipinski definition) is 3. The summed E-state index contributed by atoms with van der Waals surface area (Å²) in [6.45, 7) is 3.69. The third-order valence-corrected chi connectivity index (χ3v) is 3.40. The number of ether oxygens (including phenoxy) is 1. The lowest BCUT2D eigenvalue weighted by atomic mass is 10.2. The third-order valence-electron chi connectivity index (χ3n) is 2.22. The number of nitrogens with two attached hydrogens (primary N) is 1. The van der Waals surface area contributed by atoms with E-state index in [1.165, 1.54) is 18.8 Å². The van der Waals surface area contributed by atoms with E-state index in [1.807, 2.05) is 0 Å². The zero-order chi connectivity index (χ0) is 14.8. The van der Waals surface area contributed by atoms with Gasteiger partial charge in [0.15, 0.2) is 0 Å². The molecule has 7 nitrogen and oxygen atoms in total. The molecule has 0 aromatic heterocycles. The summed E-state index contributed by atoms with van der Waals surface area (Å²) in [5, 5.41) is 4.07. The summed E-state index contributed by atoms with van der Waals surface area (Å²) >= 11 is 1.32. The van der Waals surface area contributed by atoms with Crippen LogP contribution in [0.25, 0.3) is 0 Å². The molecule has 8 heteroatoms. The summed E-state index contributed by atoms with van der Waals surface area (Å²) in [5.74, 6) is -0.290. The highest BCUT2D eigenvalue weighted by molar-refractivity contribution is 8.00. The lowest BCUT2D eigenvalue weighted by Gasteiger charge is -2.13. The highest BCUT2D eigenvalue weighted by Crippen LogP contribution is 2.12. The van der Waals surface area contributed by atoms with E-state index >= 15 is 0 Å². The van der Waals surface area contributed by atoms with Gasteiger partial charge in [0.1, 0.15) is 6.04 Å². The van der Waals surface area contributed by atoms with Crippen molar-refractivity contribution >= 4 is 29.7 Å². The van der Waals surface area contributed by atoms with Gasteiger partial charge >= 0.3 is 12.0 Å². The van der Waals surface area contributed by atoms with Gasteiger partial charge in [-0.2, -0.15) is 0 Å². The van der Waals surface area contributed by atoms with Crippen molar-refractivity contribution in [3.63, 3.8) is 0 Å². The normalized spacial score (nSPS) is 13.3. The van der Waals surface area contributed by atoms with E-state index in [-0.39, 0.29) is 5.91 Å². The molecule has 0 saturated heterocycles. The Morgan fingerprint density at radius 1 is 1.37 bits per heavy atom. The molecule has 0 heterocycles. The molecule has 0 bridgehead atoms. The van der Waals surface area contributed by atoms with Gasteiger partial charge in [-0.05, 0) is 26.0 Å². The standard InChI is InChI=1S/C11H21N3O4S/c1-4-18-10(16)8(12)5-6-19-7(2)9(15)14-11(17)13-3/h7-8H,4-6,12H2,1-3H3,(H2,13,14,15,17). The van der Waals surface area contributed by atoms with E-state index in [2.05, 4.69) is 10.6 Å². The van der Waals surface area contributed by atoms with Crippen molar-refractivity contribution in [1.82, 2.24) is 10.6 Å². The molecule has 0 aliphatic carbocycles. The fourth-order valence-electron chi connectivity index (χ4n) is 1.09. The lowest BCUT2D eigenvalue weighted by Crippen LogP contribution is -2.41. The molecule has 0 rings (SSSR count). The number of carbonyl (C=O) groups excluding carboxylic acids is 3. The maximum atomic E-state index is 11.5. The molecule has 0 aromatic rings. The first-order chi connectivity index (χ1) is 8.92. The Labute approximate surface area is 117 Å². The Bertz CT molecular complexity index is 325. The molecular formula is C11H21N3O4S. The lowest BCUT2D eigenvalue weighted by molar-refractivity contribution is -0.144. The molecule has 4 N–H and O–H groups in total. The zero-order valence-corrected chi connectivity index (χ0v) is 12.2. The second-order valence-corrected chi connectivity index (χ2v) is 5.18. The SMILES string of the molecule is CCOC(=O)C(N)CCSC(C)C(=O)NC(=O)NC. The van der Waals surface area contributed by atoms with E-state index < -0.39 is 23.3 Å². The van der Waals surface area contributed by atoms with Gasteiger partial charge in [-0.1, -0.05) is 0 Å². The Hall–Kier alpha value is -1.28. The summed E-state index contributed by atoms with van der Waals surface area (Å²) in [7, 11) is 1.43. The number of imide groups is 1. The fraction of sp³-hybridized carbons (Fsp3) is 0.727. The second-order valence-electron chi connectivity index (χ2n) is 3.73. The smallest absolute Gasteiger partial charge is 0.322 e. The Morgan fingerprint density at radius 3 is 2.53 bits per heavy atom. The average Bonchev–Trinajstić information content (AvgIpc) is 2.38. The van der Waals surface area contributed by atoms with Gasteiger partial charge in [-0.25, -0.2) is 4.79 Å². The van der Waals surface area contributed by atoms with E-state index in [4.69, 9.17) is 10.5 Å².